The second-order valence-electron chi connectivity index (χ2n) is 4.32. The number of ether oxygens (including phenoxy) is 1. The molecule has 0 saturated carbocycles. The predicted molar refractivity (Wildman–Crippen MR) is 78.8 cm³/mol. The van der Waals surface area contributed by atoms with Gasteiger partial charge in [-0.25, -0.2) is 9.97 Å². The Bertz CT molecular complexity index is 775. The van der Waals surface area contributed by atoms with Gasteiger partial charge in [-0.3, -0.25) is 0 Å². The van der Waals surface area contributed by atoms with E-state index in [1.54, 1.807) is 18.4 Å². The standard InChI is InChI=1S/C14H12ClN3O3/c1-20-12-6-10-9(5-11(12)19)13(18-14(15)17-10)16-7-8-3-2-4-21-8/h2-6,19H,7H2,1H3,(H,16,17,18). The number of hydrogen-bond acceptors (Lipinski definition) is 6. The van der Waals surface area contributed by atoms with Crippen molar-refractivity contribution < 1.29 is 14.3 Å². The van der Waals surface area contributed by atoms with Crippen LogP contribution in [0.25, 0.3) is 10.9 Å². The van der Waals surface area contributed by atoms with Crippen LogP contribution >= 0.6 is 11.6 Å². The van der Waals surface area contributed by atoms with Crippen molar-refractivity contribution in [3.8, 4) is 11.5 Å². The highest BCUT2D eigenvalue weighted by molar-refractivity contribution is 6.28. The van der Waals surface area contributed by atoms with Crippen molar-refractivity contribution in [3.05, 3.63) is 41.6 Å². The van der Waals surface area contributed by atoms with Gasteiger partial charge in [0.1, 0.15) is 11.6 Å². The molecule has 6 nitrogen and oxygen atoms in total. The van der Waals surface area contributed by atoms with Gasteiger partial charge in [-0.05, 0) is 29.8 Å². The molecule has 2 N–H and O–H groups in total. The molecule has 0 fully saturated rings. The highest BCUT2D eigenvalue weighted by Gasteiger charge is 2.12. The van der Waals surface area contributed by atoms with Crippen molar-refractivity contribution in [1.82, 2.24) is 9.97 Å². The number of benzene rings is 1. The number of anilines is 1. The van der Waals surface area contributed by atoms with Gasteiger partial charge in [-0.1, -0.05) is 0 Å². The number of aromatic nitrogens is 2. The second-order valence-corrected chi connectivity index (χ2v) is 4.65. The number of phenolic OH excluding ortho intramolecular Hbond substituents is 1. The predicted octanol–water partition coefficient (Wildman–Crippen LogP) is 3.20. The Morgan fingerprint density at radius 2 is 2.24 bits per heavy atom. The van der Waals surface area contributed by atoms with Crippen LogP contribution in [0.2, 0.25) is 5.28 Å². The molecule has 7 heteroatoms. The lowest BCUT2D eigenvalue weighted by Gasteiger charge is -2.10. The second kappa shape index (κ2) is 5.49. The third kappa shape index (κ3) is 2.71. The third-order valence-corrected chi connectivity index (χ3v) is 3.15. The Morgan fingerprint density at radius 3 is 2.95 bits per heavy atom. The highest BCUT2D eigenvalue weighted by atomic mass is 35.5. The molecule has 0 aliphatic heterocycles. The summed E-state index contributed by atoms with van der Waals surface area (Å²) in [6.07, 6.45) is 1.60. The average Bonchev–Trinajstić information content (AvgIpc) is 2.98. The topological polar surface area (TPSA) is 80.4 Å². The molecule has 0 atom stereocenters. The summed E-state index contributed by atoms with van der Waals surface area (Å²) in [5, 5.41) is 13.8. The molecule has 1 aromatic carbocycles. The lowest BCUT2D eigenvalue weighted by atomic mass is 10.2. The van der Waals surface area contributed by atoms with E-state index in [4.69, 9.17) is 20.8 Å². The zero-order chi connectivity index (χ0) is 14.8. The Kier molecular flexibility index (Phi) is 3.53. The molecule has 21 heavy (non-hydrogen) atoms. The zero-order valence-electron chi connectivity index (χ0n) is 11.1. The van der Waals surface area contributed by atoms with Crippen LogP contribution < -0.4 is 10.1 Å². The van der Waals surface area contributed by atoms with Crippen molar-refractivity contribution in [1.29, 1.82) is 0 Å². The first-order valence-corrected chi connectivity index (χ1v) is 6.55. The van der Waals surface area contributed by atoms with Crippen LogP contribution in [-0.4, -0.2) is 22.2 Å². The number of rotatable bonds is 4. The quantitative estimate of drug-likeness (QED) is 0.720. The van der Waals surface area contributed by atoms with Gasteiger partial charge in [0.05, 0.1) is 25.4 Å². The summed E-state index contributed by atoms with van der Waals surface area (Å²) in [6.45, 7) is 0.447. The smallest absolute Gasteiger partial charge is 0.224 e. The molecule has 0 spiro atoms. The molecule has 0 bridgehead atoms. The maximum absolute atomic E-state index is 9.89. The first-order chi connectivity index (χ1) is 10.2. The van der Waals surface area contributed by atoms with Crippen LogP contribution in [0.3, 0.4) is 0 Å². The van der Waals surface area contributed by atoms with Crippen molar-refractivity contribution in [3.63, 3.8) is 0 Å². The van der Waals surface area contributed by atoms with Crippen LogP contribution in [0.4, 0.5) is 5.82 Å². The molecule has 108 valence electrons. The number of hydrogen-bond donors (Lipinski definition) is 2. The van der Waals surface area contributed by atoms with E-state index < -0.39 is 0 Å². The first-order valence-electron chi connectivity index (χ1n) is 6.18. The van der Waals surface area contributed by atoms with Crippen LogP contribution in [-0.2, 0) is 6.54 Å². The summed E-state index contributed by atoms with van der Waals surface area (Å²) in [5.74, 6) is 1.61. The normalized spacial score (nSPS) is 10.8. The number of fused-ring (bicyclic) bond motifs is 1. The number of furan rings is 1. The molecular weight excluding hydrogens is 294 g/mol. The van der Waals surface area contributed by atoms with Gasteiger partial charge in [-0.2, -0.15) is 0 Å². The summed E-state index contributed by atoms with van der Waals surface area (Å²) in [6, 6.07) is 6.79. The van der Waals surface area contributed by atoms with E-state index >= 15 is 0 Å². The van der Waals surface area contributed by atoms with Crippen LogP contribution in [0, 0.1) is 0 Å². The molecule has 3 aromatic rings. The van der Waals surface area contributed by atoms with E-state index in [0.717, 1.165) is 5.76 Å². The molecule has 3 rings (SSSR count). The molecular formula is C14H12ClN3O3. The summed E-state index contributed by atoms with van der Waals surface area (Å²) in [5.41, 5.74) is 0.576. The number of nitrogens with zero attached hydrogens (tertiary/aromatic N) is 2. The molecule has 0 radical (unpaired) electrons. The van der Waals surface area contributed by atoms with Gasteiger partial charge in [0.25, 0.3) is 0 Å². The Morgan fingerprint density at radius 1 is 1.38 bits per heavy atom. The number of halogens is 1. The molecule has 0 aliphatic rings. The summed E-state index contributed by atoms with van der Waals surface area (Å²) < 4.78 is 10.3. The average molecular weight is 306 g/mol. The van der Waals surface area contributed by atoms with E-state index in [1.165, 1.54) is 13.2 Å². The molecule has 0 aliphatic carbocycles. The molecule has 0 saturated heterocycles. The van der Waals surface area contributed by atoms with E-state index in [2.05, 4.69) is 15.3 Å². The highest BCUT2D eigenvalue weighted by Crippen LogP contribution is 2.33. The number of nitrogens with one attached hydrogen (secondary N) is 1. The molecule has 0 amide bonds. The Balaban J connectivity index is 2.02. The molecule has 2 aromatic heterocycles. The molecule has 2 heterocycles. The lowest BCUT2D eigenvalue weighted by Crippen LogP contribution is -2.02. The van der Waals surface area contributed by atoms with Crippen molar-refractivity contribution in [2.24, 2.45) is 0 Å². The summed E-state index contributed by atoms with van der Waals surface area (Å²) >= 11 is 5.93. The first kappa shape index (κ1) is 13.5. The van der Waals surface area contributed by atoms with Crippen molar-refractivity contribution >= 4 is 28.3 Å². The van der Waals surface area contributed by atoms with Gasteiger partial charge in [0.2, 0.25) is 5.28 Å². The minimum Gasteiger partial charge on any atom is -0.504 e. The maximum atomic E-state index is 9.89. The minimum absolute atomic E-state index is 0.0111. The fourth-order valence-electron chi connectivity index (χ4n) is 2.00. The maximum Gasteiger partial charge on any atom is 0.224 e. The van der Waals surface area contributed by atoms with Crippen molar-refractivity contribution in [2.45, 2.75) is 6.54 Å². The third-order valence-electron chi connectivity index (χ3n) is 2.98. The Labute approximate surface area is 125 Å². The van der Waals surface area contributed by atoms with E-state index in [0.29, 0.717) is 29.0 Å². The number of aromatic hydroxyl groups is 1. The van der Waals surface area contributed by atoms with Gasteiger partial charge in [0.15, 0.2) is 11.5 Å². The van der Waals surface area contributed by atoms with Gasteiger partial charge < -0.3 is 19.6 Å². The monoisotopic (exact) mass is 305 g/mol. The minimum atomic E-state index is 0.0111. The fraction of sp³-hybridized carbons (Fsp3) is 0.143. The Hall–Kier alpha value is -2.47. The SMILES string of the molecule is COc1cc2nc(Cl)nc(NCc3ccco3)c2cc1O. The van der Waals surface area contributed by atoms with Crippen LogP contribution in [0.5, 0.6) is 11.5 Å². The van der Waals surface area contributed by atoms with E-state index in [9.17, 15) is 5.11 Å². The van der Waals surface area contributed by atoms with Gasteiger partial charge in [-0.15, -0.1) is 0 Å². The van der Waals surface area contributed by atoms with Crippen LogP contribution in [0.15, 0.2) is 34.9 Å². The van der Waals surface area contributed by atoms with Gasteiger partial charge >= 0.3 is 0 Å². The molecule has 0 unspecified atom stereocenters. The van der Waals surface area contributed by atoms with Crippen molar-refractivity contribution in [2.75, 3.05) is 12.4 Å². The van der Waals surface area contributed by atoms with Gasteiger partial charge in [0, 0.05) is 11.5 Å². The number of methoxy groups -OCH3 is 1. The van der Waals surface area contributed by atoms with Crippen LogP contribution in [0.1, 0.15) is 5.76 Å². The fourth-order valence-corrected chi connectivity index (χ4v) is 2.17. The summed E-state index contributed by atoms with van der Waals surface area (Å²) in [4.78, 5) is 8.28. The van der Waals surface area contributed by atoms with E-state index in [1.807, 2.05) is 6.07 Å². The van der Waals surface area contributed by atoms with E-state index in [-0.39, 0.29) is 11.0 Å². The number of phenols is 1. The zero-order valence-corrected chi connectivity index (χ0v) is 11.9. The lowest BCUT2D eigenvalue weighted by molar-refractivity contribution is 0.374. The largest absolute Gasteiger partial charge is 0.504 e. The summed E-state index contributed by atoms with van der Waals surface area (Å²) in [7, 11) is 1.47.